The summed E-state index contributed by atoms with van der Waals surface area (Å²) in [4.78, 5) is 23.1. The summed E-state index contributed by atoms with van der Waals surface area (Å²) in [5.41, 5.74) is -1.03. The summed E-state index contributed by atoms with van der Waals surface area (Å²) >= 11 is 0. The highest BCUT2D eigenvalue weighted by Gasteiger charge is 2.42. The lowest BCUT2D eigenvalue weighted by atomic mass is 9.98. The molecule has 2 saturated carbocycles. The van der Waals surface area contributed by atoms with Crippen molar-refractivity contribution in [3.63, 3.8) is 0 Å². The Balaban J connectivity index is 1.80. The lowest BCUT2D eigenvalue weighted by molar-refractivity contribution is -0.144. The van der Waals surface area contributed by atoms with Gasteiger partial charge in [-0.15, -0.1) is 0 Å². The predicted octanol–water partition coefficient (Wildman–Crippen LogP) is 1.87. The fraction of sp³-hybridized carbons (Fsp3) is 0.846. The summed E-state index contributed by atoms with van der Waals surface area (Å²) in [5.74, 6) is -0.337. The standard InChI is InChI=1S/C13H22N2O3/c16-11(17)13(7-3-4-8-13)15-12(18)14-9-10-5-1-2-6-10/h10H,1-9H2,(H,16,17)(H2,14,15,18). The Labute approximate surface area is 107 Å². The lowest BCUT2D eigenvalue weighted by Gasteiger charge is -2.25. The summed E-state index contributed by atoms with van der Waals surface area (Å²) in [5, 5.41) is 14.7. The lowest BCUT2D eigenvalue weighted by Crippen LogP contribution is -2.55. The molecule has 2 aliphatic rings. The number of aliphatic carboxylic acids is 1. The number of carboxylic acids is 1. The molecule has 0 aromatic rings. The predicted molar refractivity (Wildman–Crippen MR) is 67.3 cm³/mol. The van der Waals surface area contributed by atoms with Gasteiger partial charge in [0.2, 0.25) is 0 Å². The monoisotopic (exact) mass is 254 g/mol. The van der Waals surface area contributed by atoms with Crippen LogP contribution in [0.1, 0.15) is 51.4 Å². The Morgan fingerprint density at radius 2 is 1.72 bits per heavy atom. The third-order valence-electron chi connectivity index (χ3n) is 4.25. The summed E-state index contributed by atoms with van der Waals surface area (Å²) in [6, 6.07) is -0.328. The molecule has 2 rings (SSSR count). The quantitative estimate of drug-likeness (QED) is 0.716. The maximum absolute atomic E-state index is 11.8. The zero-order chi connectivity index (χ0) is 13.0. The molecule has 0 unspecified atom stereocenters. The smallest absolute Gasteiger partial charge is 0.329 e. The Hall–Kier alpha value is -1.26. The minimum absolute atomic E-state index is 0.328. The molecule has 0 aliphatic heterocycles. The number of amides is 2. The van der Waals surface area contributed by atoms with E-state index in [2.05, 4.69) is 10.6 Å². The zero-order valence-electron chi connectivity index (χ0n) is 10.7. The maximum atomic E-state index is 11.8. The van der Waals surface area contributed by atoms with E-state index in [0.29, 0.717) is 25.3 Å². The van der Waals surface area contributed by atoms with E-state index in [9.17, 15) is 14.7 Å². The van der Waals surface area contributed by atoms with E-state index in [1.54, 1.807) is 0 Å². The molecular formula is C13H22N2O3. The number of hydrogen-bond donors (Lipinski definition) is 3. The van der Waals surface area contributed by atoms with E-state index in [0.717, 1.165) is 12.8 Å². The zero-order valence-corrected chi connectivity index (χ0v) is 10.7. The van der Waals surface area contributed by atoms with Crippen LogP contribution in [0.4, 0.5) is 4.79 Å². The van der Waals surface area contributed by atoms with Crippen molar-refractivity contribution >= 4 is 12.0 Å². The molecule has 0 radical (unpaired) electrons. The fourth-order valence-electron chi connectivity index (χ4n) is 3.08. The number of carbonyl (C=O) groups excluding carboxylic acids is 1. The topological polar surface area (TPSA) is 78.4 Å². The summed E-state index contributed by atoms with van der Waals surface area (Å²) in [7, 11) is 0. The van der Waals surface area contributed by atoms with Crippen molar-refractivity contribution in [2.75, 3.05) is 6.54 Å². The normalized spacial score (nSPS) is 22.9. The van der Waals surface area contributed by atoms with Gasteiger partial charge in [-0.05, 0) is 31.6 Å². The van der Waals surface area contributed by atoms with Gasteiger partial charge < -0.3 is 15.7 Å². The van der Waals surface area contributed by atoms with Gasteiger partial charge in [0.15, 0.2) is 0 Å². The molecule has 0 bridgehead atoms. The second-order valence-electron chi connectivity index (χ2n) is 5.58. The molecule has 0 aromatic heterocycles. The van der Waals surface area contributed by atoms with E-state index < -0.39 is 11.5 Å². The number of nitrogens with one attached hydrogen (secondary N) is 2. The minimum atomic E-state index is -1.03. The van der Waals surface area contributed by atoms with E-state index in [-0.39, 0.29) is 6.03 Å². The van der Waals surface area contributed by atoms with E-state index >= 15 is 0 Å². The van der Waals surface area contributed by atoms with Crippen LogP contribution >= 0.6 is 0 Å². The molecule has 0 aromatic carbocycles. The molecule has 5 heteroatoms. The first-order chi connectivity index (χ1) is 8.62. The minimum Gasteiger partial charge on any atom is -0.480 e. The van der Waals surface area contributed by atoms with Crippen LogP contribution in [0.25, 0.3) is 0 Å². The largest absolute Gasteiger partial charge is 0.480 e. The molecule has 0 spiro atoms. The van der Waals surface area contributed by atoms with E-state index in [1.807, 2.05) is 0 Å². The summed E-state index contributed by atoms with van der Waals surface area (Å²) in [6.07, 6.45) is 7.65. The van der Waals surface area contributed by atoms with Gasteiger partial charge in [-0.2, -0.15) is 0 Å². The Morgan fingerprint density at radius 1 is 1.11 bits per heavy atom. The maximum Gasteiger partial charge on any atom is 0.329 e. The number of rotatable bonds is 4. The average molecular weight is 254 g/mol. The molecule has 102 valence electrons. The van der Waals surface area contributed by atoms with Crippen LogP contribution in [0.5, 0.6) is 0 Å². The second-order valence-corrected chi connectivity index (χ2v) is 5.58. The van der Waals surface area contributed by atoms with Gasteiger partial charge in [0.1, 0.15) is 5.54 Å². The molecule has 3 N–H and O–H groups in total. The molecule has 2 fully saturated rings. The molecule has 0 saturated heterocycles. The van der Waals surface area contributed by atoms with Gasteiger partial charge in [-0.25, -0.2) is 9.59 Å². The van der Waals surface area contributed by atoms with Crippen LogP contribution in [0, 0.1) is 5.92 Å². The summed E-state index contributed by atoms with van der Waals surface area (Å²) < 4.78 is 0. The van der Waals surface area contributed by atoms with Crippen molar-refractivity contribution in [3.8, 4) is 0 Å². The Kier molecular flexibility index (Phi) is 4.09. The first-order valence-electron chi connectivity index (χ1n) is 6.92. The molecule has 0 heterocycles. The third-order valence-corrected chi connectivity index (χ3v) is 4.25. The number of urea groups is 1. The van der Waals surface area contributed by atoms with Gasteiger partial charge in [-0.1, -0.05) is 25.7 Å². The van der Waals surface area contributed by atoms with E-state index in [4.69, 9.17) is 0 Å². The first-order valence-corrected chi connectivity index (χ1v) is 6.92. The van der Waals surface area contributed by atoms with Crippen LogP contribution < -0.4 is 10.6 Å². The number of hydrogen-bond acceptors (Lipinski definition) is 2. The van der Waals surface area contributed by atoms with Gasteiger partial charge >= 0.3 is 12.0 Å². The van der Waals surface area contributed by atoms with Crippen molar-refractivity contribution in [2.24, 2.45) is 5.92 Å². The SMILES string of the molecule is O=C(NCC1CCCC1)NC1(C(=O)O)CCCC1. The van der Waals surface area contributed by atoms with Crippen molar-refractivity contribution in [1.82, 2.24) is 10.6 Å². The molecule has 2 amide bonds. The number of carbonyl (C=O) groups is 2. The van der Waals surface area contributed by atoms with Crippen LogP contribution in [0.3, 0.4) is 0 Å². The molecule has 5 nitrogen and oxygen atoms in total. The fourth-order valence-corrected chi connectivity index (χ4v) is 3.08. The molecule has 0 atom stereocenters. The molecule has 18 heavy (non-hydrogen) atoms. The number of carboxylic acid groups (broad SMARTS) is 1. The molecule has 2 aliphatic carbocycles. The second kappa shape index (κ2) is 5.59. The van der Waals surface area contributed by atoms with Crippen molar-refractivity contribution < 1.29 is 14.7 Å². The van der Waals surface area contributed by atoms with Crippen molar-refractivity contribution in [3.05, 3.63) is 0 Å². The average Bonchev–Trinajstić information content (AvgIpc) is 2.97. The van der Waals surface area contributed by atoms with Gasteiger partial charge in [0.05, 0.1) is 0 Å². The van der Waals surface area contributed by atoms with Crippen LogP contribution in [0.2, 0.25) is 0 Å². The van der Waals surface area contributed by atoms with Gasteiger partial charge in [0, 0.05) is 6.54 Å². The highest BCUT2D eigenvalue weighted by atomic mass is 16.4. The highest BCUT2D eigenvalue weighted by Crippen LogP contribution is 2.30. The Morgan fingerprint density at radius 3 is 2.28 bits per heavy atom. The van der Waals surface area contributed by atoms with Gasteiger partial charge in [-0.3, -0.25) is 0 Å². The van der Waals surface area contributed by atoms with Crippen molar-refractivity contribution in [1.29, 1.82) is 0 Å². The van der Waals surface area contributed by atoms with Crippen LogP contribution in [-0.4, -0.2) is 29.2 Å². The van der Waals surface area contributed by atoms with Crippen LogP contribution in [-0.2, 0) is 4.79 Å². The Bertz CT molecular complexity index is 318. The van der Waals surface area contributed by atoms with E-state index in [1.165, 1.54) is 25.7 Å². The first kappa shape index (κ1) is 13.2. The van der Waals surface area contributed by atoms with Crippen LogP contribution in [0.15, 0.2) is 0 Å². The summed E-state index contributed by atoms with van der Waals surface area (Å²) in [6.45, 7) is 0.668. The molecular weight excluding hydrogens is 232 g/mol. The van der Waals surface area contributed by atoms with Gasteiger partial charge in [0.25, 0.3) is 0 Å². The van der Waals surface area contributed by atoms with Crippen molar-refractivity contribution in [2.45, 2.75) is 56.9 Å². The highest BCUT2D eigenvalue weighted by molar-refractivity contribution is 5.86. The third kappa shape index (κ3) is 2.94.